The number of hydrogen-bond acceptors (Lipinski definition) is 5. The third kappa shape index (κ3) is 3.78. The number of hydrogen-bond donors (Lipinski definition) is 2. The van der Waals surface area contributed by atoms with Gasteiger partial charge in [0.25, 0.3) is 0 Å². The SMILES string of the molecule is CC(C)(C)c1cc(NC(=O)CN2CCC(O)C2)on1. The second kappa shape index (κ2) is 5.30. The lowest BCUT2D eigenvalue weighted by atomic mass is 9.92. The molecule has 0 bridgehead atoms. The molecule has 0 aromatic carbocycles. The van der Waals surface area contributed by atoms with Gasteiger partial charge in [0.2, 0.25) is 11.8 Å². The van der Waals surface area contributed by atoms with Crippen LogP contribution in [0.2, 0.25) is 0 Å². The molecule has 2 rings (SSSR count). The summed E-state index contributed by atoms with van der Waals surface area (Å²) in [5, 5.41) is 16.0. The summed E-state index contributed by atoms with van der Waals surface area (Å²) >= 11 is 0. The van der Waals surface area contributed by atoms with E-state index in [9.17, 15) is 9.90 Å². The fourth-order valence-electron chi connectivity index (χ4n) is 2.02. The first-order valence-corrected chi connectivity index (χ1v) is 6.52. The van der Waals surface area contributed by atoms with Gasteiger partial charge in [0.05, 0.1) is 18.3 Å². The summed E-state index contributed by atoms with van der Waals surface area (Å²) in [5.74, 6) is 0.223. The Morgan fingerprint density at radius 2 is 2.37 bits per heavy atom. The third-order valence-electron chi connectivity index (χ3n) is 3.16. The van der Waals surface area contributed by atoms with Gasteiger partial charge in [-0.05, 0) is 6.42 Å². The number of anilines is 1. The first-order valence-electron chi connectivity index (χ1n) is 6.52. The lowest BCUT2D eigenvalue weighted by molar-refractivity contribution is -0.117. The smallest absolute Gasteiger partial charge is 0.240 e. The number of β-amino-alcohol motifs (C(OH)–C–C–N with tert-alkyl or cyclic N) is 1. The summed E-state index contributed by atoms with van der Waals surface area (Å²) in [7, 11) is 0. The Hall–Kier alpha value is -1.40. The molecule has 0 saturated carbocycles. The highest BCUT2D eigenvalue weighted by Gasteiger charge is 2.23. The second-order valence-electron chi connectivity index (χ2n) is 6.05. The monoisotopic (exact) mass is 267 g/mol. The maximum atomic E-state index is 11.8. The Bertz CT molecular complexity index is 450. The van der Waals surface area contributed by atoms with Crippen molar-refractivity contribution >= 4 is 11.8 Å². The molecule has 1 fully saturated rings. The summed E-state index contributed by atoms with van der Waals surface area (Å²) < 4.78 is 5.10. The second-order valence-corrected chi connectivity index (χ2v) is 6.05. The molecule has 1 aromatic heterocycles. The molecule has 0 spiro atoms. The van der Waals surface area contributed by atoms with E-state index in [-0.39, 0.29) is 24.0 Å². The Kier molecular flexibility index (Phi) is 3.91. The van der Waals surface area contributed by atoms with Gasteiger partial charge in [-0.1, -0.05) is 25.9 Å². The predicted octanol–water partition coefficient (Wildman–Crippen LogP) is 0.977. The minimum Gasteiger partial charge on any atom is -0.392 e. The number of nitrogens with one attached hydrogen (secondary N) is 1. The molecule has 6 nitrogen and oxygen atoms in total. The maximum absolute atomic E-state index is 11.8. The van der Waals surface area contributed by atoms with E-state index >= 15 is 0 Å². The minimum atomic E-state index is -0.314. The van der Waals surface area contributed by atoms with Gasteiger partial charge in [0.1, 0.15) is 0 Å². The van der Waals surface area contributed by atoms with E-state index < -0.39 is 0 Å². The van der Waals surface area contributed by atoms with Crippen molar-refractivity contribution in [2.75, 3.05) is 25.0 Å². The van der Waals surface area contributed by atoms with Crippen molar-refractivity contribution in [3.8, 4) is 0 Å². The Balaban J connectivity index is 1.87. The molecule has 1 aliphatic rings. The predicted molar refractivity (Wildman–Crippen MR) is 70.9 cm³/mol. The van der Waals surface area contributed by atoms with Crippen LogP contribution in [0, 0.1) is 0 Å². The molecule has 1 aromatic rings. The maximum Gasteiger partial charge on any atom is 0.240 e. The van der Waals surface area contributed by atoms with Crippen molar-refractivity contribution in [1.82, 2.24) is 10.1 Å². The number of aliphatic hydroxyl groups is 1. The van der Waals surface area contributed by atoms with Crippen LogP contribution in [0.3, 0.4) is 0 Å². The number of likely N-dealkylation sites (tertiary alicyclic amines) is 1. The van der Waals surface area contributed by atoms with E-state index in [1.54, 1.807) is 6.07 Å². The fraction of sp³-hybridized carbons (Fsp3) is 0.692. The molecule has 2 N–H and O–H groups in total. The van der Waals surface area contributed by atoms with Gasteiger partial charge < -0.3 is 9.63 Å². The summed E-state index contributed by atoms with van der Waals surface area (Å²) in [6, 6.07) is 1.75. The first-order chi connectivity index (χ1) is 8.84. The zero-order chi connectivity index (χ0) is 14.0. The highest BCUT2D eigenvalue weighted by molar-refractivity contribution is 5.91. The van der Waals surface area contributed by atoms with E-state index in [4.69, 9.17) is 4.52 Å². The van der Waals surface area contributed by atoms with E-state index in [0.717, 1.165) is 18.7 Å². The number of nitrogens with zero attached hydrogens (tertiary/aromatic N) is 2. The summed E-state index contributed by atoms with van der Waals surface area (Å²) in [6.45, 7) is 7.66. The standard InChI is InChI=1S/C13H21N3O3/c1-13(2,3)10-6-12(19-15-10)14-11(18)8-16-5-4-9(17)7-16/h6,9,17H,4-5,7-8H2,1-3H3,(H,14,18). The van der Waals surface area contributed by atoms with Crippen LogP contribution in [-0.4, -0.2) is 46.8 Å². The molecule has 0 radical (unpaired) electrons. The van der Waals surface area contributed by atoms with Crippen molar-refractivity contribution in [2.24, 2.45) is 0 Å². The van der Waals surface area contributed by atoms with Gasteiger partial charge in [0.15, 0.2) is 0 Å². The molecule has 106 valence electrons. The molecule has 1 unspecified atom stereocenters. The van der Waals surface area contributed by atoms with Crippen molar-refractivity contribution in [3.63, 3.8) is 0 Å². The number of aromatic nitrogens is 1. The highest BCUT2D eigenvalue weighted by Crippen LogP contribution is 2.23. The molecular formula is C13H21N3O3. The van der Waals surface area contributed by atoms with Crippen LogP contribution in [0.5, 0.6) is 0 Å². The lowest BCUT2D eigenvalue weighted by Crippen LogP contribution is -2.32. The molecule has 1 atom stereocenters. The highest BCUT2D eigenvalue weighted by atomic mass is 16.5. The molecule has 19 heavy (non-hydrogen) atoms. The molecule has 0 aliphatic carbocycles. The molecule has 6 heteroatoms. The summed E-state index contributed by atoms with van der Waals surface area (Å²) in [6.07, 6.45) is 0.412. The van der Waals surface area contributed by atoms with E-state index in [1.165, 1.54) is 0 Å². The summed E-state index contributed by atoms with van der Waals surface area (Å²) in [5.41, 5.74) is 0.699. The van der Waals surface area contributed by atoms with Crippen LogP contribution >= 0.6 is 0 Å². The molecule has 1 aliphatic heterocycles. The van der Waals surface area contributed by atoms with Crippen molar-refractivity contribution in [3.05, 3.63) is 11.8 Å². The van der Waals surface area contributed by atoms with Crippen molar-refractivity contribution in [1.29, 1.82) is 0 Å². The topological polar surface area (TPSA) is 78.6 Å². The average molecular weight is 267 g/mol. The number of carbonyl (C=O) groups excluding carboxylic acids is 1. The normalized spacial score (nSPS) is 20.7. The Labute approximate surface area is 112 Å². The van der Waals surface area contributed by atoms with Crippen LogP contribution in [-0.2, 0) is 10.2 Å². The molecule has 2 heterocycles. The van der Waals surface area contributed by atoms with E-state index in [1.807, 2.05) is 25.7 Å². The van der Waals surface area contributed by atoms with Crippen LogP contribution in [0.1, 0.15) is 32.9 Å². The summed E-state index contributed by atoms with van der Waals surface area (Å²) in [4.78, 5) is 13.7. The zero-order valence-electron chi connectivity index (χ0n) is 11.6. The molecule has 1 saturated heterocycles. The minimum absolute atomic E-state index is 0.106. The molecular weight excluding hydrogens is 246 g/mol. The molecule has 1 amide bonds. The number of carbonyl (C=O) groups is 1. The Morgan fingerprint density at radius 1 is 1.63 bits per heavy atom. The fourth-order valence-corrected chi connectivity index (χ4v) is 2.02. The van der Waals surface area contributed by atoms with Gasteiger partial charge in [-0.15, -0.1) is 0 Å². The van der Waals surface area contributed by atoms with Crippen LogP contribution in [0.4, 0.5) is 5.88 Å². The van der Waals surface area contributed by atoms with E-state index in [0.29, 0.717) is 12.4 Å². The van der Waals surface area contributed by atoms with Crippen LogP contribution in [0.15, 0.2) is 10.6 Å². The van der Waals surface area contributed by atoms with Crippen molar-refractivity contribution < 1.29 is 14.4 Å². The largest absolute Gasteiger partial charge is 0.392 e. The average Bonchev–Trinajstić information content (AvgIpc) is 2.87. The van der Waals surface area contributed by atoms with Gasteiger partial charge in [-0.2, -0.15) is 0 Å². The number of aliphatic hydroxyl groups excluding tert-OH is 1. The van der Waals surface area contributed by atoms with Gasteiger partial charge in [-0.25, -0.2) is 0 Å². The quantitative estimate of drug-likeness (QED) is 0.853. The van der Waals surface area contributed by atoms with Gasteiger partial charge in [0, 0.05) is 24.6 Å². The number of rotatable bonds is 3. The van der Waals surface area contributed by atoms with Crippen LogP contribution in [0.25, 0.3) is 0 Å². The number of amides is 1. The van der Waals surface area contributed by atoms with Gasteiger partial charge >= 0.3 is 0 Å². The van der Waals surface area contributed by atoms with Crippen molar-refractivity contribution in [2.45, 2.75) is 38.7 Å². The lowest BCUT2D eigenvalue weighted by Gasteiger charge is -2.13. The van der Waals surface area contributed by atoms with E-state index in [2.05, 4.69) is 10.5 Å². The zero-order valence-corrected chi connectivity index (χ0v) is 11.6. The Morgan fingerprint density at radius 3 is 2.89 bits per heavy atom. The van der Waals surface area contributed by atoms with Gasteiger partial charge in [-0.3, -0.25) is 15.0 Å². The first kappa shape index (κ1) is 14.0. The van der Waals surface area contributed by atoms with Crippen LogP contribution < -0.4 is 5.32 Å². The third-order valence-corrected chi connectivity index (χ3v) is 3.16.